The van der Waals surface area contributed by atoms with Gasteiger partial charge >= 0.3 is 6.55 Å². The van der Waals surface area contributed by atoms with Crippen LogP contribution in [0.5, 0.6) is 0 Å². The van der Waals surface area contributed by atoms with Crippen LogP contribution in [0.3, 0.4) is 0 Å². The van der Waals surface area contributed by atoms with Gasteiger partial charge in [0.05, 0.1) is 6.54 Å². The number of amides is 1. The standard InChI is InChI=1S/C10H16F2N4O/c1-13-4-3-9(17)15(2)7-8-14-5-6-16(8)10(11)12/h5-6,10,13H,3-4,7H2,1-2H3. The molecule has 0 aliphatic carbocycles. The average molecular weight is 246 g/mol. The summed E-state index contributed by atoms with van der Waals surface area (Å²) in [5.41, 5.74) is 0. The van der Waals surface area contributed by atoms with Gasteiger partial charge in [-0.1, -0.05) is 0 Å². The van der Waals surface area contributed by atoms with Crippen molar-refractivity contribution in [2.45, 2.75) is 19.5 Å². The van der Waals surface area contributed by atoms with Gasteiger partial charge < -0.3 is 10.2 Å². The predicted molar refractivity (Wildman–Crippen MR) is 58.5 cm³/mol. The third-order valence-corrected chi connectivity index (χ3v) is 2.35. The number of hydrogen-bond donors (Lipinski definition) is 1. The maximum Gasteiger partial charge on any atom is 0.319 e. The zero-order chi connectivity index (χ0) is 12.8. The quantitative estimate of drug-likeness (QED) is 0.809. The number of carbonyl (C=O) groups excluding carboxylic acids is 1. The van der Waals surface area contributed by atoms with E-state index in [1.165, 1.54) is 17.3 Å². The van der Waals surface area contributed by atoms with Crippen LogP contribution >= 0.6 is 0 Å². The number of imidazole rings is 1. The molecule has 0 unspecified atom stereocenters. The second-order valence-corrected chi connectivity index (χ2v) is 3.63. The zero-order valence-electron chi connectivity index (χ0n) is 9.86. The molecule has 1 heterocycles. The molecule has 0 aliphatic heterocycles. The summed E-state index contributed by atoms with van der Waals surface area (Å²) in [6, 6.07) is 0. The minimum Gasteiger partial charge on any atom is -0.338 e. The number of alkyl halides is 2. The molecule has 5 nitrogen and oxygen atoms in total. The first kappa shape index (κ1) is 13.6. The number of rotatable bonds is 6. The summed E-state index contributed by atoms with van der Waals surface area (Å²) in [5.74, 6) is 0.0727. The highest BCUT2D eigenvalue weighted by molar-refractivity contribution is 5.75. The Bertz CT molecular complexity index is 367. The topological polar surface area (TPSA) is 50.2 Å². The minimum absolute atomic E-state index is 0.0832. The van der Waals surface area contributed by atoms with Gasteiger partial charge in [-0.2, -0.15) is 8.78 Å². The Morgan fingerprint density at radius 1 is 1.65 bits per heavy atom. The number of carbonyl (C=O) groups is 1. The van der Waals surface area contributed by atoms with Crippen LogP contribution in [0.15, 0.2) is 12.4 Å². The molecule has 1 amide bonds. The molecule has 0 aliphatic rings. The fraction of sp³-hybridized carbons (Fsp3) is 0.600. The van der Waals surface area contributed by atoms with Crippen LogP contribution in [0.2, 0.25) is 0 Å². The molecule has 1 aromatic heterocycles. The Kier molecular flexibility index (Phi) is 5.02. The van der Waals surface area contributed by atoms with Crippen LogP contribution in [-0.2, 0) is 11.3 Å². The van der Waals surface area contributed by atoms with E-state index >= 15 is 0 Å². The summed E-state index contributed by atoms with van der Waals surface area (Å²) < 4.78 is 25.8. The van der Waals surface area contributed by atoms with Crippen LogP contribution in [0, 0.1) is 0 Å². The monoisotopic (exact) mass is 246 g/mol. The lowest BCUT2D eigenvalue weighted by Gasteiger charge is -2.17. The van der Waals surface area contributed by atoms with Crippen LogP contribution in [0.1, 0.15) is 18.8 Å². The summed E-state index contributed by atoms with van der Waals surface area (Å²) in [6.07, 6.45) is 2.84. The van der Waals surface area contributed by atoms with Gasteiger partial charge in [0.15, 0.2) is 0 Å². The minimum atomic E-state index is -2.63. The second kappa shape index (κ2) is 6.29. The van der Waals surface area contributed by atoms with Gasteiger partial charge in [-0.3, -0.25) is 9.36 Å². The summed E-state index contributed by atoms with van der Waals surface area (Å²) in [6.45, 7) is -1.99. The highest BCUT2D eigenvalue weighted by Crippen LogP contribution is 2.13. The van der Waals surface area contributed by atoms with Gasteiger partial charge in [-0.05, 0) is 7.05 Å². The maximum absolute atomic E-state index is 12.5. The van der Waals surface area contributed by atoms with Crippen LogP contribution in [0.25, 0.3) is 0 Å². The van der Waals surface area contributed by atoms with Gasteiger partial charge in [0.1, 0.15) is 5.82 Å². The third-order valence-electron chi connectivity index (χ3n) is 2.35. The largest absolute Gasteiger partial charge is 0.338 e. The Morgan fingerprint density at radius 3 is 2.94 bits per heavy atom. The van der Waals surface area contributed by atoms with Gasteiger partial charge in [0, 0.05) is 32.4 Å². The molecule has 0 atom stereocenters. The number of nitrogens with zero attached hydrogens (tertiary/aromatic N) is 3. The van der Waals surface area contributed by atoms with Gasteiger partial charge in [-0.25, -0.2) is 4.98 Å². The number of nitrogens with one attached hydrogen (secondary N) is 1. The zero-order valence-corrected chi connectivity index (χ0v) is 9.86. The van der Waals surface area contributed by atoms with Gasteiger partial charge in [-0.15, -0.1) is 0 Å². The Morgan fingerprint density at radius 2 is 2.35 bits per heavy atom. The highest BCUT2D eigenvalue weighted by Gasteiger charge is 2.15. The van der Waals surface area contributed by atoms with Crippen molar-refractivity contribution in [3.8, 4) is 0 Å². The van der Waals surface area contributed by atoms with Crippen LogP contribution in [-0.4, -0.2) is 41.0 Å². The average Bonchev–Trinajstić information content (AvgIpc) is 2.73. The van der Waals surface area contributed by atoms with E-state index in [0.717, 1.165) is 4.57 Å². The second-order valence-electron chi connectivity index (χ2n) is 3.63. The van der Waals surface area contributed by atoms with E-state index < -0.39 is 6.55 Å². The van der Waals surface area contributed by atoms with Crippen molar-refractivity contribution in [2.75, 3.05) is 20.6 Å². The first-order valence-corrected chi connectivity index (χ1v) is 5.24. The van der Waals surface area contributed by atoms with Crippen LogP contribution < -0.4 is 5.32 Å². The van der Waals surface area contributed by atoms with Crippen molar-refractivity contribution < 1.29 is 13.6 Å². The number of hydrogen-bond acceptors (Lipinski definition) is 3. The summed E-state index contributed by atoms with van der Waals surface area (Å²) in [7, 11) is 3.32. The fourth-order valence-electron chi connectivity index (χ4n) is 1.37. The normalized spacial score (nSPS) is 10.9. The van der Waals surface area contributed by atoms with E-state index in [4.69, 9.17) is 0 Å². The molecule has 0 saturated heterocycles. The number of halogens is 2. The van der Waals surface area contributed by atoms with E-state index in [9.17, 15) is 13.6 Å². The first-order valence-electron chi connectivity index (χ1n) is 5.24. The molecule has 0 bridgehead atoms. The summed E-state index contributed by atoms with van der Waals surface area (Å²) in [5, 5.41) is 2.85. The maximum atomic E-state index is 12.5. The highest BCUT2D eigenvalue weighted by atomic mass is 19.3. The molecule has 0 aromatic carbocycles. The summed E-state index contributed by atoms with van der Waals surface area (Å²) >= 11 is 0. The Balaban J connectivity index is 2.58. The molecule has 0 radical (unpaired) electrons. The lowest BCUT2D eigenvalue weighted by Crippen LogP contribution is -2.29. The molecular formula is C10H16F2N4O. The molecule has 1 aromatic rings. The molecule has 0 saturated carbocycles. The van der Waals surface area contributed by atoms with Crippen molar-refractivity contribution >= 4 is 5.91 Å². The molecular weight excluding hydrogens is 230 g/mol. The molecule has 1 N–H and O–H groups in total. The molecule has 0 fully saturated rings. The van der Waals surface area contributed by atoms with Crippen molar-refractivity contribution in [2.24, 2.45) is 0 Å². The van der Waals surface area contributed by atoms with E-state index in [1.54, 1.807) is 14.1 Å². The Hall–Kier alpha value is -1.50. The fourth-order valence-corrected chi connectivity index (χ4v) is 1.37. The van der Waals surface area contributed by atoms with E-state index in [2.05, 4.69) is 10.3 Å². The first-order chi connectivity index (χ1) is 8.06. The molecule has 96 valence electrons. The van der Waals surface area contributed by atoms with Crippen LogP contribution in [0.4, 0.5) is 8.78 Å². The van der Waals surface area contributed by atoms with Crippen molar-refractivity contribution in [1.82, 2.24) is 19.8 Å². The predicted octanol–water partition coefficient (Wildman–Crippen LogP) is 0.846. The third kappa shape index (κ3) is 3.77. The van der Waals surface area contributed by atoms with Crippen molar-refractivity contribution in [3.05, 3.63) is 18.2 Å². The van der Waals surface area contributed by atoms with Crippen molar-refractivity contribution in [3.63, 3.8) is 0 Å². The SMILES string of the molecule is CNCCC(=O)N(C)Cc1nccn1C(F)F. The Labute approximate surface area is 98.4 Å². The lowest BCUT2D eigenvalue weighted by atomic mass is 10.3. The lowest BCUT2D eigenvalue weighted by molar-refractivity contribution is -0.130. The molecule has 7 heteroatoms. The van der Waals surface area contributed by atoms with Crippen molar-refractivity contribution in [1.29, 1.82) is 0 Å². The van der Waals surface area contributed by atoms with Gasteiger partial charge in [0.25, 0.3) is 0 Å². The smallest absolute Gasteiger partial charge is 0.319 e. The summed E-state index contributed by atoms with van der Waals surface area (Å²) in [4.78, 5) is 16.8. The molecule has 0 spiro atoms. The van der Waals surface area contributed by atoms with E-state index in [1.807, 2.05) is 0 Å². The molecule has 17 heavy (non-hydrogen) atoms. The number of aromatic nitrogens is 2. The molecule has 1 rings (SSSR count). The van der Waals surface area contributed by atoms with E-state index in [0.29, 0.717) is 13.0 Å². The van der Waals surface area contributed by atoms with E-state index in [-0.39, 0.29) is 18.3 Å². The van der Waals surface area contributed by atoms with Gasteiger partial charge in [0.2, 0.25) is 5.91 Å².